The van der Waals surface area contributed by atoms with Crippen molar-refractivity contribution < 1.29 is 14.3 Å². The van der Waals surface area contributed by atoms with E-state index in [1.165, 1.54) is 16.7 Å². The Labute approximate surface area is 131 Å². The molecule has 0 saturated heterocycles. The van der Waals surface area contributed by atoms with E-state index in [0.29, 0.717) is 12.3 Å². The number of benzene rings is 1. The van der Waals surface area contributed by atoms with Crippen molar-refractivity contribution in [2.24, 2.45) is 0 Å². The van der Waals surface area contributed by atoms with Crippen LogP contribution >= 0.6 is 0 Å². The molecule has 22 heavy (non-hydrogen) atoms. The van der Waals surface area contributed by atoms with Gasteiger partial charge in [-0.15, -0.1) is 0 Å². The van der Waals surface area contributed by atoms with Gasteiger partial charge in [0.15, 0.2) is 0 Å². The molecule has 0 radical (unpaired) electrons. The molecule has 2 heterocycles. The molecule has 0 fully saturated rings. The van der Waals surface area contributed by atoms with Crippen LogP contribution in [0.2, 0.25) is 0 Å². The van der Waals surface area contributed by atoms with E-state index in [4.69, 9.17) is 9.15 Å². The predicted octanol–water partition coefficient (Wildman–Crippen LogP) is 3.43. The van der Waals surface area contributed by atoms with Crippen LogP contribution in [0.15, 0.2) is 34.9 Å². The smallest absolute Gasteiger partial charge is 0.133 e. The molecule has 118 valence electrons. The van der Waals surface area contributed by atoms with Gasteiger partial charge in [0.1, 0.15) is 17.6 Å². The number of aliphatic hydroxyl groups is 1. The van der Waals surface area contributed by atoms with Crippen molar-refractivity contribution in [3.63, 3.8) is 0 Å². The maximum Gasteiger partial charge on any atom is 0.133 e. The highest BCUT2D eigenvalue weighted by molar-refractivity contribution is 5.46. The molecule has 1 aromatic carbocycles. The van der Waals surface area contributed by atoms with Gasteiger partial charge >= 0.3 is 0 Å². The molecule has 2 atom stereocenters. The lowest BCUT2D eigenvalue weighted by molar-refractivity contribution is 0.142. The molecule has 1 aromatic heterocycles. The number of hydrogen-bond acceptors (Lipinski definition) is 4. The summed E-state index contributed by atoms with van der Waals surface area (Å²) in [7, 11) is 0. The Hall–Kier alpha value is -1.78. The number of rotatable bonds is 4. The van der Waals surface area contributed by atoms with Gasteiger partial charge in [-0.3, -0.25) is 0 Å². The van der Waals surface area contributed by atoms with E-state index in [0.717, 1.165) is 25.2 Å². The van der Waals surface area contributed by atoms with Crippen LogP contribution in [-0.4, -0.2) is 18.3 Å². The second-order valence-electron chi connectivity index (χ2n) is 5.98. The normalized spacial score (nSPS) is 19.1. The first kappa shape index (κ1) is 15.1. The third kappa shape index (κ3) is 3.18. The molecule has 2 unspecified atom stereocenters. The lowest BCUT2D eigenvalue weighted by Crippen LogP contribution is -2.26. The fourth-order valence-corrected chi connectivity index (χ4v) is 3.11. The molecular formula is C18H23NO3. The highest BCUT2D eigenvalue weighted by Gasteiger charge is 2.22. The molecule has 0 spiro atoms. The Balaban J connectivity index is 1.77. The molecule has 2 aromatic rings. The van der Waals surface area contributed by atoms with Gasteiger partial charge in [-0.2, -0.15) is 0 Å². The summed E-state index contributed by atoms with van der Waals surface area (Å²) in [4.78, 5) is 0. The number of nitrogens with one attached hydrogen (secondary N) is 1. The summed E-state index contributed by atoms with van der Waals surface area (Å²) in [6.07, 6.45) is 2.95. The van der Waals surface area contributed by atoms with Crippen molar-refractivity contribution in [3.8, 4) is 5.75 Å². The Morgan fingerprint density at radius 3 is 3.00 bits per heavy atom. The molecule has 0 aliphatic carbocycles. The molecule has 4 heteroatoms. The number of aliphatic hydroxyl groups excluding tert-OH is 1. The molecule has 1 aliphatic rings. The molecule has 4 nitrogen and oxygen atoms in total. The number of ether oxygens (including phenoxy) is 1. The van der Waals surface area contributed by atoms with Gasteiger partial charge in [-0.05, 0) is 44.4 Å². The van der Waals surface area contributed by atoms with Crippen molar-refractivity contribution in [2.75, 3.05) is 13.2 Å². The lowest BCUT2D eigenvalue weighted by Gasteiger charge is -2.21. The SMILES string of the molecule is Cc1cc(C)c2c(c1)C(NCC(O)c1ccco1)CCCO2. The first-order chi connectivity index (χ1) is 10.6. The summed E-state index contributed by atoms with van der Waals surface area (Å²) in [5.41, 5.74) is 3.61. The molecular weight excluding hydrogens is 278 g/mol. The van der Waals surface area contributed by atoms with Gasteiger partial charge in [-0.1, -0.05) is 17.7 Å². The van der Waals surface area contributed by atoms with E-state index >= 15 is 0 Å². The second-order valence-corrected chi connectivity index (χ2v) is 5.98. The minimum atomic E-state index is -0.631. The average molecular weight is 301 g/mol. The van der Waals surface area contributed by atoms with E-state index in [9.17, 15) is 5.11 Å². The molecule has 0 saturated carbocycles. The van der Waals surface area contributed by atoms with E-state index in [1.807, 2.05) is 0 Å². The van der Waals surface area contributed by atoms with Crippen molar-refractivity contribution >= 4 is 0 Å². The van der Waals surface area contributed by atoms with Crippen LogP contribution in [-0.2, 0) is 0 Å². The van der Waals surface area contributed by atoms with E-state index in [2.05, 4.69) is 31.3 Å². The minimum Gasteiger partial charge on any atom is -0.493 e. The van der Waals surface area contributed by atoms with Crippen molar-refractivity contribution in [2.45, 2.75) is 38.8 Å². The molecule has 2 N–H and O–H groups in total. The van der Waals surface area contributed by atoms with Gasteiger partial charge in [0, 0.05) is 18.2 Å². The first-order valence-electron chi connectivity index (χ1n) is 7.84. The van der Waals surface area contributed by atoms with Crippen molar-refractivity contribution in [3.05, 3.63) is 53.0 Å². The summed E-state index contributed by atoms with van der Waals surface area (Å²) in [6, 6.07) is 8.12. The zero-order valence-electron chi connectivity index (χ0n) is 13.1. The summed E-state index contributed by atoms with van der Waals surface area (Å²) < 4.78 is 11.2. The number of fused-ring (bicyclic) bond motifs is 1. The largest absolute Gasteiger partial charge is 0.493 e. The third-order valence-corrected chi connectivity index (χ3v) is 4.14. The van der Waals surface area contributed by atoms with Crippen LogP contribution in [0.5, 0.6) is 5.75 Å². The summed E-state index contributed by atoms with van der Waals surface area (Å²) in [5, 5.41) is 13.7. The Bertz CT molecular complexity index is 622. The van der Waals surface area contributed by atoms with E-state index in [1.54, 1.807) is 18.4 Å². The average Bonchev–Trinajstić information content (AvgIpc) is 2.94. The van der Waals surface area contributed by atoms with Gasteiger partial charge < -0.3 is 19.6 Å². The number of furan rings is 1. The van der Waals surface area contributed by atoms with Crippen molar-refractivity contribution in [1.29, 1.82) is 0 Å². The Kier molecular flexibility index (Phi) is 4.50. The Morgan fingerprint density at radius 1 is 1.36 bits per heavy atom. The fourth-order valence-electron chi connectivity index (χ4n) is 3.11. The minimum absolute atomic E-state index is 0.195. The van der Waals surface area contributed by atoms with Crippen LogP contribution in [0.1, 0.15) is 47.4 Å². The van der Waals surface area contributed by atoms with Gasteiger partial charge in [-0.25, -0.2) is 0 Å². The third-order valence-electron chi connectivity index (χ3n) is 4.14. The molecule has 3 rings (SSSR count). The molecule has 0 amide bonds. The van der Waals surface area contributed by atoms with Crippen LogP contribution in [0.3, 0.4) is 0 Å². The van der Waals surface area contributed by atoms with Gasteiger partial charge in [0.2, 0.25) is 0 Å². The van der Waals surface area contributed by atoms with Gasteiger partial charge in [0.05, 0.1) is 12.9 Å². The molecule has 0 bridgehead atoms. The maximum atomic E-state index is 10.2. The standard InChI is InChI=1S/C18H23NO3/c1-12-9-13(2)18-14(10-12)15(5-3-8-22-18)19-11-16(20)17-6-4-7-21-17/h4,6-7,9-10,15-16,19-20H,3,5,8,11H2,1-2H3. The zero-order chi connectivity index (χ0) is 15.5. The topological polar surface area (TPSA) is 54.6 Å². The van der Waals surface area contributed by atoms with E-state index in [-0.39, 0.29) is 6.04 Å². The zero-order valence-corrected chi connectivity index (χ0v) is 13.1. The summed E-state index contributed by atoms with van der Waals surface area (Å²) in [6.45, 7) is 5.40. The molecule has 1 aliphatic heterocycles. The predicted molar refractivity (Wildman–Crippen MR) is 85.1 cm³/mol. The van der Waals surface area contributed by atoms with Gasteiger partial charge in [0.25, 0.3) is 0 Å². The maximum absolute atomic E-state index is 10.2. The summed E-state index contributed by atoms with van der Waals surface area (Å²) in [5.74, 6) is 1.59. The highest BCUT2D eigenvalue weighted by atomic mass is 16.5. The quantitative estimate of drug-likeness (QED) is 0.908. The van der Waals surface area contributed by atoms with Crippen LogP contribution in [0.4, 0.5) is 0 Å². The van der Waals surface area contributed by atoms with Crippen LogP contribution < -0.4 is 10.1 Å². The monoisotopic (exact) mass is 301 g/mol. The van der Waals surface area contributed by atoms with Crippen LogP contribution in [0, 0.1) is 13.8 Å². The van der Waals surface area contributed by atoms with E-state index < -0.39 is 6.10 Å². The lowest BCUT2D eigenvalue weighted by atomic mass is 9.97. The van der Waals surface area contributed by atoms with Crippen LogP contribution in [0.25, 0.3) is 0 Å². The van der Waals surface area contributed by atoms with Crippen molar-refractivity contribution in [1.82, 2.24) is 5.32 Å². The second kappa shape index (κ2) is 6.55. The number of aryl methyl sites for hydroxylation is 2. The first-order valence-corrected chi connectivity index (χ1v) is 7.84. The Morgan fingerprint density at radius 2 is 2.23 bits per heavy atom. The summed E-state index contributed by atoms with van der Waals surface area (Å²) >= 11 is 0. The number of hydrogen-bond donors (Lipinski definition) is 2. The highest BCUT2D eigenvalue weighted by Crippen LogP contribution is 2.35. The fraction of sp³-hybridized carbons (Fsp3) is 0.444.